The molecule has 0 bridgehead atoms. The number of hydrogen-bond donors (Lipinski definition) is 1. The van der Waals surface area contributed by atoms with Crippen molar-refractivity contribution in [3.8, 4) is 0 Å². The highest BCUT2D eigenvalue weighted by molar-refractivity contribution is 9.10. The van der Waals surface area contributed by atoms with E-state index in [0.29, 0.717) is 0 Å². The van der Waals surface area contributed by atoms with E-state index < -0.39 is 0 Å². The van der Waals surface area contributed by atoms with Crippen molar-refractivity contribution in [3.05, 3.63) is 34.3 Å². The molecule has 1 aliphatic rings. The van der Waals surface area contributed by atoms with Crippen LogP contribution in [-0.4, -0.2) is 30.6 Å². The number of likely N-dealkylation sites (N-methyl/N-ethyl adjacent to an activating group) is 1. The molecule has 0 saturated heterocycles. The lowest BCUT2D eigenvalue weighted by Crippen LogP contribution is -2.56. The first-order valence-corrected chi connectivity index (χ1v) is 7.51. The molecular formula is C15H23BrN2. The molecule has 1 aliphatic carbocycles. The van der Waals surface area contributed by atoms with E-state index in [2.05, 4.69) is 59.2 Å². The fraction of sp³-hybridized carbons (Fsp3) is 0.600. The molecule has 1 fully saturated rings. The SMILES string of the molecule is CN(C)C1(C(N)Cc2ccc(Br)cc2)CCCC1. The molecule has 0 aliphatic heterocycles. The summed E-state index contributed by atoms with van der Waals surface area (Å²) in [5.74, 6) is 0. The zero-order chi connectivity index (χ0) is 13.2. The summed E-state index contributed by atoms with van der Waals surface area (Å²) in [5.41, 5.74) is 8.07. The maximum Gasteiger partial charge on any atom is 0.0357 e. The number of nitrogens with zero attached hydrogens (tertiary/aromatic N) is 1. The summed E-state index contributed by atoms with van der Waals surface area (Å²) < 4.78 is 1.13. The third-order valence-electron chi connectivity index (χ3n) is 4.42. The molecule has 18 heavy (non-hydrogen) atoms. The molecule has 1 aromatic rings. The van der Waals surface area contributed by atoms with Crippen LogP contribution in [0.15, 0.2) is 28.7 Å². The molecule has 0 radical (unpaired) electrons. The van der Waals surface area contributed by atoms with Crippen LogP contribution in [0.3, 0.4) is 0 Å². The van der Waals surface area contributed by atoms with Crippen molar-refractivity contribution in [1.82, 2.24) is 4.90 Å². The summed E-state index contributed by atoms with van der Waals surface area (Å²) in [5, 5.41) is 0. The quantitative estimate of drug-likeness (QED) is 0.925. The first-order chi connectivity index (χ1) is 8.54. The van der Waals surface area contributed by atoms with Crippen molar-refractivity contribution < 1.29 is 0 Å². The molecule has 1 aromatic carbocycles. The van der Waals surface area contributed by atoms with E-state index in [1.807, 2.05) is 0 Å². The van der Waals surface area contributed by atoms with Gasteiger partial charge in [-0.25, -0.2) is 0 Å². The van der Waals surface area contributed by atoms with Crippen molar-refractivity contribution in [2.45, 2.75) is 43.7 Å². The average molecular weight is 311 g/mol. The van der Waals surface area contributed by atoms with Crippen LogP contribution < -0.4 is 5.73 Å². The van der Waals surface area contributed by atoms with Crippen molar-refractivity contribution in [1.29, 1.82) is 0 Å². The topological polar surface area (TPSA) is 29.3 Å². The molecule has 1 saturated carbocycles. The van der Waals surface area contributed by atoms with Crippen molar-refractivity contribution >= 4 is 15.9 Å². The minimum atomic E-state index is 0.201. The highest BCUT2D eigenvalue weighted by atomic mass is 79.9. The van der Waals surface area contributed by atoms with Crippen LogP contribution in [0, 0.1) is 0 Å². The molecule has 1 atom stereocenters. The monoisotopic (exact) mass is 310 g/mol. The minimum absolute atomic E-state index is 0.201. The van der Waals surface area contributed by atoms with Gasteiger partial charge in [0.15, 0.2) is 0 Å². The van der Waals surface area contributed by atoms with Crippen LogP contribution in [0.2, 0.25) is 0 Å². The summed E-state index contributed by atoms with van der Waals surface area (Å²) in [6.07, 6.45) is 6.05. The minimum Gasteiger partial charge on any atom is -0.326 e. The van der Waals surface area contributed by atoms with Gasteiger partial charge in [-0.1, -0.05) is 40.9 Å². The maximum atomic E-state index is 6.53. The zero-order valence-electron chi connectivity index (χ0n) is 11.3. The molecule has 0 spiro atoms. The number of halogens is 1. The molecule has 2 rings (SSSR count). The van der Waals surface area contributed by atoms with E-state index in [1.54, 1.807) is 0 Å². The second-order valence-electron chi connectivity index (χ2n) is 5.64. The smallest absolute Gasteiger partial charge is 0.0357 e. The lowest BCUT2D eigenvalue weighted by molar-refractivity contribution is 0.123. The van der Waals surface area contributed by atoms with E-state index in [9.17, 15) is 0 Å². The van der Waals surface area contributed by atoms with Crippen LogP contribution in [0.25, 0.3) is 0 Å². The predicted molar refractivity (Wildman–Crippen MR) is 80.7 cm³/mol. The Morgan fingerprint density at radius 1 is 1.22 bits per heavy atom. The van der Waals surface area contributed by atoms with E-state index >= 15 is 0 Å². The fourth-order valence-corrected chi connectivity index (χ4v) is 3.47. The number of hydrogen-bond acceptors (Lipinski definition) is 2. The maximum absolute atomic E-state index is 6.53. The lowest BCUT2D eigenvalue weighted by atomic mass is 9.84. The van der Waals surface area contributed by atoms with Crippen LogP contribution >= 0.6 is 15.9 Å². The molecule has 100 valence electrons. The predicted octanol–water partition coefficient (Wildman–Crippen LogP) is 3.19. The Kier molecular flexibility index (Phi) is 4.46. The highest BCUT2D eigenvalue weighted by Gasteiger charge is 2.41. The van der Waals surface area contributed by atoms with Crippen LogP contribution in [-0.2, 0) is 6.42 Å². The fourth-order valence-electron chi connectivity index (χ4n) is 3.20. The first kappa shape index (κ1) is 14.0. The zero-order valence-corrected chi connectivity index (χ0v) is 12.9. The Morgan fingerprint density at radius 3 is 2.28 bits per heavy atom. The van der Waals surface area contributed by atoms with Crippen LogP contribution in [0.5, 0.6) is 0 Å². The molecule has 3 heteroatoms. The highest BCUT2D eigenvalue weighted by Crippen LogP contribution is 2.37. The Hall–Kier alpha value is -0.380. The van der Waals surface area contributed by atoms with Crippen molar-refractivity contribution in [3.63, 3.8) is 0 Å². The van der Waals surface area contributed by atoms with Gasteiger partial charge in [0, 0.05) is 16.1 Å². The number of benzene rings is 1. The Balaban J connectivity index is 2.10. The lowest BCUT2D eigenvalue weighted by Gasteiger charge is -2.41. The standard InChI is InChI=1S/C15H23BrN2/c1-18(2)15(9-3-4-10-15)14(17)11-12-5-7-13(16)8-6-12/h5-8,14H,3-4,9-11,17H2,1-2H3. The number of nitrogens with two attached hydrogens (primary N) is 1. The van der Waals surface area contributed by atoms with E-state index in [4.69, 9.17) is 5.73 Å². The Labute approximate surface area is 119 Å². The largest absolute Gasteiger partial charge is 0.326 e. The van der Waals surface area contributed by atoms with Gasteiger partial charge in [-0.2, -0.15) is 0 Å². The van der Waals surface area contributed by atoms with E-state index in [0.717, 1.165) is 10.9 Å². The van der Waals surface area contributed by atoms with Gasteiger partial charge < -0.3 is 10.6 Å². The van der Waals surface area contributed by atoms with Gasteiger partial charge in [-0.15, -0.1) is 0 Å². The summed E-state index contributed by atoms with van der Waals surface area (Å²) in [7, 11) is 4.35. The second kappa shape index (κ2) is 5.72. The molecule has 0 heterocycles. The van der Waals surface area contributed by atoms with E-state index in [-0.39, 0.29) is 11.6 Å². The first-order valence-electron chi connectivity index (χ1n) is 6.72. The summed E-state index contributed by atoms with van der Waals surface area (Å²) in [6, 6.07) is 8.75. The van der Waals surface area contributed by atoms with Gasteiger partial charge in [-0.3, -0.25) is 0 Å². The molecule has 0 aromatic heterocycles. The van der Waals surface area contributed by atoms with Crippen molar-refractivity contribution in [2.24, 2.45) is 5.73 Å². The van der Waals surface area contributed by atoms with E-state index in [1.165, 1.54) is 31.2 Å². The van der Waals surface area contributed by atoms with Crippen LogP contribution in [0.1, 0.15) is 31.2 Å². The number of rotatable bonds is 4. The molecule has 1 unspecified atom stereocenters. The normalized spacial score (nSPS) is 20.3. The van der Waals surface area contributed by atoms with Gasteiger partial charge >= 0.3 is 0 Å². The van der Waals surface area contributed by atoms with Gasteiger partial charge in [0.25, 0.3) is 0 Å². The Bertz CT molecular complexity index is 380. The Morgan fingerprint density at radius 2 is 1.78 bits per heavy atom. The van der Waals surface area contributed by atoms with Gasteiger partial charge in [0.1, 0.15) is 0 Å². The third kappa shape index (κ3) is 2.79. The molecule has 2 nitrogen and oxygen atoms in total. The molecule has 2 N–H and O–H groups in total. The summed E-state index contributed by atoms with van der Waals surface area (Å²) in [6.45, 7) is 0. The summed E-state index contributed by atoms with van der Waals surface area (Å²) >= 11 is 3.47. The molecule has 0 amide bonds. The third-order valence-corrected chi connectivity index (χ3v) is 4.95. The van der Waals surface area contributed by atoms with Crippen molar-refractivity contribution in [2.75, 3.05) is 14.1 Å². The van der Waals surface area contributed by atoms with Gasteiger partial charge in [-0.05, 0) is 51.1 Å². The average Bonchev–Trinajstić information content (AvgIpc) is 2.82. The van der Waals surface area contributed by atoms with Gasteiger partial charge in [0.2, 0.25) is 0 Å². The molecular weight excluding hydrogens is 288 g/mol. The van der Waals surface area contributed by atoms with Gasteiger partial charge in [0.05, 0.1) is 0 Å². The second-order valence-corrected chi connectivity index (χ2v) is 6.56. The summed E-state index contributed by atoms with van der Waals surface area (Å²) in [4.78, 5) is 2.35. The van der Waals surface area contributed by atoms with Crippen LogP contribution in [0.4, 0.5) is 0 Å².